The predicted octanol–water partition coefficient (Wildman–Crippen LogP) is -1.73. The van der Waals surface area contributed by atoms with Crippen molar-refractivity contribution in [1.29, 1.82) is 0 Å². The van der Waals surface area contributed by atoms with Crippen molar-refractivity contribution in [3.8, 4) is 5.75 Å². The maximum absolute atomic E-state index is 14.6. The number of hydrogen-bond donors (Lipinski definition) is 6. The lowest BCUT2D eigenvalue weighted by Gasteiger charge is -2.36. The molecule has 0 spiro atoms. The van der Waals surface area contributed by atoms with Gasteiger partial charge in [0, 0.05) is 45.7 Å². The summed E-state index contributed by atoms with van der Waals surface area (Å²) in [4.78, 5) is 132. The summed E-state index contributed by atoms with van der Waals surface area (Å²) >= 11 is 0. The minimum atomic E-state index is -1.50. The van der Waals surface area contributed by atoms with E-state index in [4.69, 9.17) is 5.73 Å². The van der Waals surface area contributed by atoms with Gasteiger partial charge in [-0.25, -0.2) is 4.79 Å². The summed E-state index contributed by atoms with van der Waals surface area (Å²) in [6.07, 6.45) is 5.13. The Labute approximate surface area is 382 Å². The van der Waals surface area contributed by atoms with E-state index in [0.717, 1.165) is 0 Å². The molecule has 6 aliphatic rings. The van der Waals surface area contributed by atoms with E-state index in [1.807, 2.05) is 0 Å². The number of aliphatic hydroxyl groups excluding tert-OH is 1. The molecule has 6 saturated heterocycles. The van der Waals surface area contributed by atoms with Crippen LogP contribution in [0.5, 0.6) is 5.75 Å². The summed E-state index contributed by atoms with van der Waals surface area (Å²) in [7, 11) is 0. The van der Waals surface area contributed by atoms with Gasteiger partial charge in [-0.3, -0.25) is 38.4 Å². The normalized spacial score (nSPS) is 26.7. The van der Waals surface area contributed by atoms with Gasteiger partial charge < -0.3 is 61.1 Å². The maximum Gasteiger partial charge on any atom is 0.326 e. The lowest BCUT2D eigenvalue weighted by molar-refractivity contribution is -0.155. The van der Waals surface area contributed by atoms with Crippen molar-refractivity contribution in [2.24, 2.45) is 5.73 Å². The third-order valence-electron chi connectivity index (χ3n) is 14.1. The lowest BCUT2D eigenvalue weighted by Crippen LogP contribution is -2.60. The molecule has 0 saturated carbocycles. The standard InChI is InChI=1S/C45H63N9O12/c1-26(46)39(59)49-18-2-8-31(49)38(58)48-30(25-55)37(57)47-29(24-27-14-16-28(56)17-15-27)40(60)50-19-3-9-32(50)41(61)51-20-4-10-33(51)42(62)52-21-5-11-34(52)43(63)53-22-6-12-35(53)44(64)54-23-7-13-36(54)45(65)66/h14-17,26,29-36,55-56H,2-13,18-25,46H2,1H3,(H,47,57)(H,48,58)(H,65,66)/t26-,29-,30-,31-,32-,33-,34-,35-,36-/m0/s1. The Morgan fingerprint density at radius 3 is 1.36 bits per heavy atom. The van der Waals surface area contributed by atoms with Gasteiger partial charge in [0.05, 0.1) is 12.6 Å². The number of phenolic OH excluding ortho intramolecular Hbond substituents is 1. The van der Waals surface area contributed by atoms with Crippen LogP contribution in [-0.4, -0.2) is 198 Å². The van der Waals surface area contributed by atoms with E-state index in [-0.39, 0.29) is 44.1 Å². The molecule has 21 heteroatoms. The van der Waals surface area contributed by atoms with Gasteiger partial charge in [0.2, 0.25) is 47.3 Å². The number of nitrogens with zero attached hydrogens (tertiary/aromatic N) is 6. The monoisotopic (exact) mass is 921 g/mol. The highest BCUT2D eigenvalue weighted by molar-refractivity contribution is 5.99. The van der Waals surface area contributed by atoms with Crippen LogP contribution in [0.15, 0.2) is 24.3 Å². The Balaban J connectivity index is 1.03. The summed E-state index contributed by atoms with van der Waals surface area (Å²) in [5.41, 5.74) is 6.34. The van der Waals surface area contributed by atoms with E-state index >= 15 is 0 Å². The molecule has 0 bridgehead atoms. The zero-order valence-corrected chi connectivity index (χ0v) is 37.4. The molecular weight excluding hydrogens is 859 g/mol. The number of phenols is 1. The van der Waals surface area contributed by atoms with E-state index in [2.05, 4.69) is 10.6 Å². The molecule has 0 aromatic heterocycles. The molecule has 7 rings (SSSR count). The van der Waals surface area contributed by atoms with E-state index in [0.29, 0.717) is 95.8 Å². The van der Waals surface area contributed by atoms with Gasteiger partial charge in [-0.2, -0.15) is 0 Å². The number of nitrogens with one attached hydrogen (secondary N) is 2. The van der Waals surface area contributed by atoms with Crippen LogP contribution in [0.4, 0.5) is 0 Å². The first-order valence-corrected chi connectivity index (χ1v) is 23.4. The number of nitrogens with two attached hydrogens (primary N) is 1. The fourth-order valence-electron chi connectivity index (χ4n) is 10.8. The SMILES string of the molecule is C[C@H](N)C(=O)N1CCC[C@H]1C(=O)N[C@@H](CO)C(=O)N[C@@H](Cc1ccc(O)cc1)C(=O)N1CCC[C@H]1C(=O)N1CCC[C@H]1C(=O)N1CCC[C@H]1C(=O)N1CCC[C@H]1C(=O)N1CCC[C@H]1C(=O)O. The van der Waals surface area contributed by atoms with Gasteiger partial charge >= 0.3 is 5.97 Å². The van der Waals surface area contributed by atoms with Crippen molar-refractivity contribution in [3.05, 3.63) is 29.8 Å². The Bertz CT molecular complexity index is 2050. The number of rotatable bonds is 14. The van der Waals surface area contributed by atoms with Gasteiger partial charge in [-0.05, 0) is 102 Å². The number of aliphatic carboxylic acids is 1. The molecule has 6 fully saturated rings. The fraction of sp³-hybridized carbons (Fsp3) is 0.667. The first-order chi connectivity index (χ1) is 31.6. The number of hydrogen-bond acceptors (Lipinski definition) is 12. The molecule has 0 unspecified atom stereocenters. The smallest absolute Gasteiger partial charge is 0.326 e. The third kappa shape index (κ3) is 9.96. The summed E-state index contributed by atoms with van der Waals surface area (Å²) in [6.45, 7) is 2.27. The van der Waals surface area contributed by atoms with Crippen LogP contribution in [0.2, 0.25) is 0 Å². The number of aliphatic hydroxyl groups is 1. The largest absolute Gasteiger partial charge is 0.508 e. The molecule has 6 aliphatic heterocycles. The Hall–Kier alpha value is -5.83. The van der Waals surface area contributed by atoms with Crippen molar-refractivity contribution in [2.75, 3.05) is 45.9 Å². The minimum Gasteiger partial charge on any atom is -0.508 e. The second kappa shape index (κ2) is 20.8. The van der Waals surface area contributed by atoms with Crippen LogP contribution in [0.25, 0.3) is 0 Å². The highest BCUT2D eigenvalue weighted by atomic mass is 16.4. The number of amides is 8. The van der Waals surface area contributed by atoms with Gasteiger partial charge in [0.1, 0.15) is 54.1 Å². The topological polar surface area (TPSA) is 284 Å². The van der Waals surface area contributed by atoms with E-state index in [9.17, 15) is 58.5 Å². The number of carbonyl (C=O) groups excluding carboxylic acids is 8. The highest BCUT2D eigenvalue weighted by Gasteiger charge is 2.49. The average molecular weight is 922 g/mol. The average Bonchev–Trinajstić information content (AvgIpc) is 4.16. The van der Waals surface area contributed by atoms with Crippen molar-refractivity contribution >= 4 is 53.2 Å². The van der Waals surface area contributed by atoms with Crippen molar-refractivity contribution in [1.82, 2.24) is 40.0 Å². The van der Waals surface area contributed by atoms with E-state index in [1.165, 1.54) is 48.5 Å². The Morgan fingerprint density at radius 1 is 0.561 bits per heavy atom. The van der Waals surface area contributed by atoms with Crippen molar-refractivity contribution in [3.63, 3.8) is 0 Å². The van der Waals surface area contributed by atoms with Crippen LogP contribution >= 0.6 is 0 Å². The molecule has 66 heavy (non-hydrogen) atoms. The molecular formula is C45H63N9O12. The number of likely N-dealkylation sites (tertiary alicyclic amines) is 6. The summed E-state index contributed by atoms with van der Waals surface area (Å²) in [5, 5.41) is 35.1. The highest BCUT2D eigenvalue weighted by Crippen LogP contribution is 2.32. The lowest BCUT2D eigenvalue weighted by atomic mass is 10.0. The number of carbonyl (C=O) groups is 9. The number of carboxylic acids is 1. The molecule has 1 aromatic rings. The maximum atomic E-state index is 14.6. The van der Waals surface area contributed by atoms with Crippen LogP contribution in [-0.2, 0) is 49.6 Å². The first-order valence-electron chi connectivity index (χ1n) is 23.4. The number of carboxylic acid groups (broad SMARTS) is 1. The molecule has 7 N–H and O–H groups in total. The molecule has 360 valence electrons. The van der Waals surface area contributed by atoms with Gasteiger partial charge in [-0.1, -0.05) is 12.1 Å². The molecule has 9 atom stereocenters. The second-order valence-corrected chi connectivity index (χ2v) is 18.4. The van der Waals surface area contributed by atoms with Crippen LogP contribution in [0.1, 0.15) is 89.5 Å². The number of benzene rings is 1. The molecule has 0 radical (unpaired) electrons. The molecule has 8 amide bonds. The van der Waals surface area contributed by atoms with Crippen molar-refractivity contribution < 1.29 is 58.5 Å². The Morgan fingerprint density at radius 2 is 0.939 bits per heavy atom. The zero-order valence-electron chi connectivity index (χ0n) is 37.4. The summed E-state index contributed by atoms with van der Waals surface area (Å²) < 4.78 is 0. The third-order valence-corrected chi connectivity index (χ3v) is 14.1. The van der Waals surface area contributed by atoms with Gasteiger partial charge in [0.15, 0.2) is 0 Å². The minimum absolute atomic E-state index is 0.0229. The molecule has 21 nitrogen and oxygen atoms in total. The second-order valence-electron chi connectivity index (χ2n) is 18.4. The van der Waals surface area contributed by atoms with Crippen molar-refractivity contribution in [2.45, 2.75) is 145 Å². The summed E-state index contributed by atoms with van der Waals surface area (Å²) in [6, 6.07) is -3.05. The predicted molar refractivity (Wildman–Crippen MR) is 232 cm³/mol. The molecule has 6 heterocycles. The molecule has 1 aromatic carbocycles. The molecule has 0 aliphatic carbocycles. The van der Waals surface area contributed by atoms with Crippen LogP contribution in [0, 0.1) is 0 Å². The van der Waals surface area contributed by atoms with Crippen LogP contribution < -0.4 is 16.4 Å². The van der Waals surface area contributed by atoms with Gasteiger partial charge in [0.25, 0.3) is 0 Å². The first kappa shape index (κ1) is 48.1. The van der Waals surface area contributed by atoms with E-state index < -0.39 is 108 Å². The van der Waals surface area contributed by atoms with E-state index in [1.54, 1.807) is 12.1 Å². The fourth-order valence-corrected chi connectivity index (χ4v) is 10.8. The zero-order chi connectivity index (χ0) is 47.4. The Kier molecular flexibility index (Phi) is 15.1. The van der Waals surface area contributed by atoms with Crippen LogP contribution in [0.3, 0.4) is 0 Å². The van der Waals surface area contributed by atoms with Gasteiger partial charge in [-0.15, -0.1) is 0 Å². The number of aromatic hydroxyl groups is 1. The summed E-state index contributed by atoms with van der Waals surface area (Å²) in [5.74, 6) is -5.27. The quantitative estimate of drug-likeness (QED) is 0.121.